The normalized spacial score (nSPS) is 17.0. The minimum atomic E-state index is -0.752. The van der Waals surface area contributed by atoms with Gasteiger partial charge in [-0.15, -0.1) is 0 Å². The van der Waals surface area contributed by atoms with Gasteiger partial charge in [0.15, 0.2) is 0 Å². The lowest BCUT2D eigenvalue weighted by Crippen LogP contribution is -2.29. The van der Waals surface area contributed by atoms with Crippen molar-refractivity contribution >= 4 is 17.4 Å². The second-order valence-corrected chi connectivity index (χ2v) is 8.58. The Labute approximate surface area is 205 Å². The van der Waals surface area contributed by atoms with Crippen LogP contribution in [0.15, 0.2) is 72.3 Å². The standard InChI is InChI=1S/C29H29NO5/c1-5-35-24-8-6-7-20(16-24)17-30-26(21-11-13-23(34-4)14-12-21)25(28(32)29(30)33)27(31)22-10-9-18(2)19(3)15-22/h6-16,26,31H,5,17H2,1-4H3/b27-25-. The molecule has 3 aromatic carbocycles. The molecular weight excluding hydrogens is 442 g/mol. The van der Waals surface area contributed by atoms with E-state index in [1.165, 1.54) is 4.90 Å². The summed E-state index contributed by atoms with van der Waals surface area (Å²) >= 11 is 0. The number of hydrogen-bond acceptors (Lipinski definition) is 5. The van der Waals surface area contributed by atoms with Gasteiger partial charge in [0.25, 0.3) is 11.7 Å². The highest BCUT2D eigenvalue weighted by molar-refractivity contribution is 6.46. The van der Waals surface area contributed by atoms with Crippen LogP contribution in [0.25, 0.3) is 5.76 Å². The van der Waals surface area contributed by atoms with E-state index in [2.05, 4.69) is 0 Å². The largest absolute Gasteiger partial charge is 0.507 e. The summed E-state index contributed by atoms with van der Waals surface area (Å²) in [6, 6.07) is 19.4. The van der Waals surface area contributed by atoms with Crippen LogP contribution in [0.3, 0.4) is 0 Å². The van der Waals surface area contributed by atoms with Gasteiger partial charge in [-0.1, -0.05) is 36.4 Å². The van der Waals surface area contributed by atoms with Gasteiger partial charge in [-0.2, -0.15) is 0 Å². The van der Waals surface area contributed by atoms with Crippen LogP contribution in [-0.2, 0) is 16.1 Å². The van der Waals surface area contributed by atoms with Crippen LogP contribution < -0.4 is 9.47 Å². The molecule has 1 aliphatic heterocycles. The molecule has 1 aliphatic rings. The predicted octanol–water partition coefficient (Wildman–Crippen LogP) is 5.33. The Bertz CT molecular complexity index is 1290. The Hall–Kier alpha value is -4.06. The second kappa shape index (κ2) is 10.1. The number of methoxy groups -OCH3 is 1. The molecule has 6 nitrogen and oxygen atoms in total. The number of nitrogens with zero attached hydrogens (tertiary/aromatic N) is 1. The SMILES string of the molecule is CCOc1cccc(CN2C(=O)C(=O)/C(=C(\O)c3ccc(C)c(C)c3)C2c2ccc(OC)cc2)c1. The molecule has 1 amide bonds. The van der Waals surface area contributed by atoms with Gasteiger partial charge in [0, 0.05) is 12.1 Å². The molecule has 35 heavy (non-hydrogen) atoms. The van der Waals surface area contributed by atoms with Crippen molar-refractivity contribution in [3.05, 3.63) is 100 Å². The first-order valence-corrected chi connectivity index (χ1v) is 11.6. The lowest BCUT2D eigenvalue weighted by molar-refractivity contribution is -0.140. The highest BCUT2D eigenvalue weighted by atomic mass is 16.5. The number of ketones is 1. The summed E-state index contributed by atoms with van der Waals surface area (Å²) in [7, 11) is 1.58. The number of aliphatic hydroxyl groups excluding tert-OH is 1. The summed E-state index contributed by atoms with van der Waals surface area (Å²) in [5.74, 6) is -0.194. The average molecular weight is 472 g/mol. The molecule has 0 saturated carbocycles. The number of ether oxygens (including phenoxy) is 2. The van der Waals surface area contributed by atoms with Crippen molar-refractivity contribution in [2.45, 2.75) is 33.4 Å². The molecule has 4 rings (SSSR count). The molecule has 0 aromatic heterocycles. The Morgan fingerprint density at radius 3 is 2.34 bits per heavy atom. The molecule has 180 valence electrons. The number of carbonyl (C=O) groups excluding carboxylic acids is 2. The van der Waals surface area contributed by atoms with E-state index < -0.39 is 17.7 Å². The lowest BCUT2D eigenvalue weighted by atomic mass is 9.94. The van der Waals surface area contributed by atoms with E-state index in [9.17, 15) is 14.7 Å². The van der Waals surface area contributed by atoms with Crippen molar-refractivity contribution in [1.29, 1.82) is 0 Å². The van der Waals surface area contributed by atoms with Crippen molar-refractivity contribution in [1.82, 2.24) is 4.90 Å². The summed E-state index contributed by atoms with van der Waals surface area (Å²) in [5.41, 5.74) is 4.16. The van der Waals surface area contributed by atoms with Gasteiger partial charge >= 0.3 is 0 Å². The maximum absolute atomic E-state index is 13.3. The Kier molecular flexibility index (Phi) is 6.92. The van der Waals surface area contributed by atoms with Crippen molar-refractivity contribution in [2.75, 3.05) is 13.7 Å². The summed E-state index contributed by atoms with van der Waals surface area (Å²) < 4.78 is 10.9. The number of aryl methyl sites for hydroxylation is 2. The topological polar surface area (TPSA) is 76.1 Å². The zero-order valence-electron chi connectivity index (χ0n) is 20.4. The Morgan fingerprint density at radius 1 is 0.943 bits per heavy atom. The molecule has 1 atom stereocenters. The fourth-order valence-corrected chi connectivity index (χ4v) is 4.32. The summed E-state index contributed by atoms with van der Waals surface area (Å²) in [6.07, 6.45) is 0. The van der Waals surface area contributed by atoms with Gasteiger partial charge in [-0.05, 0) is 73.4 Å². The highest BCUT2D eigenvalue weighted by Gasteiger charge is 2.46. The molecule has 1 N–H and O–H groups in total. The van der Waals surface area contributed by atoms with Crippen LogP contribution in [0.1, 0.15) is 40.8 Å². The highest BCUT2D eigenvalue weighted by Crippen LogP contribution is 2.41. The van der Waals surface area contributed by atoms with Crippen molar-refractivity contribution < 1.29 is 24.2 Å². The number of hydrogen-bond donors (Lipinski definition) is 1. The number of benzene rings is 3. The van der Waals surface area contributed by atoms with Crippen molar-refractivity contribution in [3.8, 4) is 11.5 Å². The van der Waals surface area contributed by atoms with Crippen LogP contribution in [0.2, 0.25) is 0 Å². The number of amides is 1. The minimum absolute atomic E-state index is 0.0735. The van der Waals surface area contributed by atoms with Gasteiger partial charge in [-0.3, -0.25) is 9.59 Å². The molecule has 0 aliphatic carbocycles. The number of carbonyl (C=O) groups is 2. The fourth-order valence-electron chi connectivity index (χ4n) is 4.32. The van der Waals surface area contributed by atoms with E-state index in [0.717, 1.165) is 16.7 Å². The third-order valence-electron chi connectivity index (χ3n) is 6.31. The first kappa shape index (κ1) is 24.1. The summed E-state index contributed by atoms with van der Waals surface area (Å²) in [4.78, 5) is 28.1. The third-order valence-corrected chi connectivity index (χ3v) is 6.31. The molecule has 0 bridgehead atoms. The first-order valence-electron chi connectivity index (χ1n) is 11.6. The van der Waals surface area contributed by atoms with E-state index in [4.69, 9.17) is 9.47 Å². The fraction of sp³-hybridized carbons (Fsp3) is 0.241. The monoisotopic (exact) mass is 471 g/mol. The maximum atomic E-state index is 13.3. The zero-order valence-corrected chi connectivity index (χ0v) is 20.4. The number of aliphatic hydroxyl groups is 1. The predicted molar refractivity (Wildman–Crippen MR) is 134 cm³/mol. The van der Waals surface area contributed by atoms with E-state index in [0.29, 0.717) is 29.2 Å². The van der Waals surface area contributed by atoms with E-state index in [1.807, 2.05) is 69.3 Å². The Balaban J connectivity index is 1.83. The van der Waals surface area contributed by atoms with Crippen molar-refractivity contribution in [2.24, 2.45) is 0 Å². The smallest absolute Gasteiger partial charge is 0.295 e. The third kappa shape index (κ3) is 4.78. The summed E-state index contributed by atoms with van der Waals surface area (Å²) in [6.45, 7) is 6.53. The number of likely N-dealkylation sites (tertiary alicyclic amines) is 1. The zero-order chi connectivity index (χ0) is 25.1. The molecule has 1 heterocycles. The molecule has 1 fully saturated rings. The Morgan fingerprint density at radius 2 is 1.69 bits per heavy atom. The molecule has 3 aromatic rings. The van der Waals surface area contributed by atoms with Gasteiger partial charge in [0.05, 0.1) is 25.3 Å². The molecule has 1 unspecified atom stereocenters. The molecule has 0 spiro atoms. The quantitative estimate of drug-likeness (QED) is 0.286. The van der Waals surface area contributed by atoms with Crippen molar-refractivity contribution in [3.63, 3.8) is 0 Å². The molecule has 1 saturated heterocycles. The van der Waals surface area contributed by atoms with Crippen LogP contribution >= 0.6 is 0 Å². The van der Waals surface area contributed by atoms with Gasteiger partial charge < -0.3 is 19.5 Å². The van der Waals surface area contributed by atoms with Crippen LogP contribution in [0.4, 0.5) is 0 Å². The van der Waals surface area contributed by atoms with Gasteiger partial charge in [-0.25, -0.2) is 0 Å². The van der Waals surface area contributed by atoms with Crippen LogP contribution in [0, 0.1) is 13.8 Å². The minimum Gasteiger partial charge on any atom is -0.507 e. The van der Waals surface area contributed by atoms with E-state index in [-0.39, 0.29) is 17.9 Å². The average Bonchev–Trinajstić information content (AvgIpc) is 3.10. The van der Waals surface area contributed by atoms with Gasteiger partial charge in [0.2, 0.25) is 0 Å². The van der Waals surface area contributed by atoms with E-state index >= 15 is 0 Å². The molecular formula is C29H29NO5. The van der Waals surface area contributed by atoms with Crippen LogP contribution in [-0.4, -0.2) is 35.4 Å². The number of rotatable bonds is 7. The maximum Gasteiger partial charge on any atom is 0.295 e. The molecule has 6 heteroatoms. The number of Topliss-reactive ketones (excluding diaryl/α,β-unsaturated/α-hetero) is 1. The van der Waals surface area contributed by atoms with Gasteiger partial charge in [0.1, 0.15) is 17.3 Å². The molecule has 0 radical (unpaired) electrons. The lowest BCUT2D eigenvalue weighted by Gasteiger charge is -2.26. The van der Waals surface area contributed by atoms with Crippen LogP contribution in [0.5, 0.6) is 11.5 Å². The first-order chi connectivity index (χ1) is 16.8. The summed E-state index contributed by atoms with van der Waals surface area (Å²) in [5, 5.41) is 11.3. The second-order valence-electron chi connectivity index (χ2n) is 8.58. The van der Waals surface area contributed by atoms with E-state index in [1.54, 1.807) is 25.3 Å².